The standard InChI is InChI=1S/C12H19BO2/c1-7-9-10(8-2)13-14-11(3,4)12(5,6)15-13/h7-9H,1-2H2,3-6H3. The van der Waals surface area contributed by atoms with E-state index in [9.17, 15) is 0 Å². The fourth-order valence-electron chi connectivity index (χ4n) is 1.36. The van der Waals surface area contributed by atoms with Gasteiger partial charge in [0.1, 0.15) is 0 Å². The quantitative estimate of drug-likeness (QED) is 0.522. The van der Waals surface area contributed by atoms with E-state index >= 15 is 0 Å². The molecule has 3 heteroatoms. The van der Waals surface area contributed by atoms with Gasteiger partial charge in [-0.25, -0.2) is 0 Å². The van der Waals surface area contributed by atoms with Crippen LogP contribution in [0.4, 0.5) is 0 Å². The van der Waals surface area contributed by atoms with Crippen LogP contribution in [0.5, 0.6) is 0 Å². The molecule has 15 heavy (non-hydrogen) atoms. The van der Waals surface area contributed by atoms with Gasteiger partial charge in [-0.2, -0.15) is 0 Å². The summed E-state index contributed by atoms with van der Waals surface area (Å²) in [6.07, 6.45) is 5.31. The van der Waals surface area contributed by atoms with Gasteiger partial charge in [-0.1, -0.05) is 31.4 Å². The highest BCUT2D eigenvalue weighted by Gasteiger charge is 2.51. The summed E-state index contributed by atoms with van der Waals surface area (Å²) in [6, 6.07) is 0. The third-order valence-corrected chi connectivity index (χ3v) is 3.07. The van der Waals surface area contributed by atoms with Gasteiger partial charge < -0.3 is 9.31 Å². The maximum absolute atomic E-state index is 5.86. The molecule has 1 fully saturated rings. The molecule has 0 radical (unpaired) electrons. The molecule has 2 nitrogen and oxygen atoms in total. The van der Waals surface area contributed by atoms with Crippen molar-refractivity contribution in [1.82, 2.24) is 0 Å². The summed E-state index contributed by atoms with van der Waals surface area (Å²) >= 11 is 0. The van der Waals surface area contributed by atoms with Crippen LogP contribution in [-0.4, -0.2) is 18.3 Å². The van der Waals surface area contributed by atoms with Gasteiger partial charge in [0.15, 0.2) is 0 Å². The van der Waals surface area contributed by atoms with Crippen LogP contribution in [0.25, 0.3) is 0 Å². The average molecular weight is 206 g/mol. The van der Waals surface area contributed by atoms with E-state index in [2.05, 4.69) is 13.2 Å². The second kappa shape index (κ2) is 3.99. The van der Waals surface area contributed by atoms with E-state index in [0.29, 0.717) is 0 Å². The molecule has 0 aromatic heterocycles. The Morgan fingerprint density at radius 2 is 1.53 bits per heavy atom. The van der Waals surface area contributed by atoms with E-state index in [1.807, 2.05) is 33.8 Å². The van der Waals surface area contributed by atoms with Crippen molar-refractivity contribution in [3.8, 4) is 0 Å². The second-order valence-corrected chi connectivity index (χ2v) is 4.69. The third kappa shape index (κ3) is 2.24. The van der Waals surface area contributed by atoms with Crippen molar-refractivity contribution in [2.24, 2.45) is 0 Å². The van der Waals surface area contributed by atoms with Gasteiger partial charge in [-0.05, 0) is 33.2 Å². The van der Waals surface area contributed by atoms with Gasteiger partial charge in [0, 0.05) is 0 Å². The Morgan fingerprint density at radius 3 is 1.87 bits per heavy atom. The Morgan fingerprint density at radius 1 is 1.07 bits per heavy atom. The Balaban J connectivity index is 2.91. The van der Waals surface area contributed by atoms with E-state index in [-0.39, 0.29) is 18.3 Å². The lowest BCUT2D eigenvalue weighted by Crippen LogP contribution is -2.41. The molecule has 0 spiro atoms. The first-order valence-electron chi connectivity index (χ1n) is 5.15. The molecule has 0 N–H and O–H groups in total. The summed E-state index contributed by atoms with van der Waals surface area (Å²) in [5.74, 6) is 0. The number of hydrogen-bond donors (Lipinski definition) is 0. The molecule has 0 saturated carbocycles. The number of allylic oxidation sites excluding steroid dienone is 4. The van der Waals surface area contributed by atoms with E-state index in [1.165, 1.54) is 0 Å². The van der Waals surface area contributed by atoms with Gasteiger partial charge in [0.25, 0.3) is 0 Å². The summed E-state index contributed by atoms with van der Waals surface area (Å²) in [6.45, 7) is 15.5. The largest absolute Gasteiger partial charge is 0.494 e. The molecular formula is C12H19BO2. The average Bonchev–Trinajstić information content (AvgIpc) is 2.32. The molecule has 1 rings (SSSR count). The normalized spacial score (nSPS) is 24.0. The SMILES string of the molecule is C=CC=C(C=C)B1OC(C)(C)C(C)(C)O1. The minimum atomic E-state index is -0.342. The highest BCUT2D eigenvalue weighted by Crippen LogP contribution is 2.38. The Kier molecular flexibility index (Phi) is 3.26. The van der Waals surface area contributed by atoms with E-state index in [4.69, 9.17) is 9.31 Å². The molecule has 1 saturated heterocycles. The topological polar surface area (TPSA) is 18.5 Å². The highest BCUT2D eigenvalue weighted by molar-refractivity contribution is 6.55. The predicted molar refractivity (Wildman–Crippen MR) is 64.6 cm³/mol. The van der Waals surface area contributed by atoms with Gasteiger partial charge in [0.2, 0.25) is 0 Å². The zero-order valence-corrected chi connectivity index (χ0v) is 10.0. The van der Waals surface area contributed by atoms with Crippen molar-refractivity contribution >= 4 is 7.12 Å². The maximum Gasteiger partial charge on any atom is 0.494 e. The van der Waals surface area contributed by atoms with Crippen LogP contribution in [0.3, 0.4) is 0 Å². The van der Waals surface area contributed by atoms with Crippen molar-refractivity contribution in [2.45, 2.75) is 38.9 Å². The van der Waals surface area contributed by atoms with E-state index < -0.39 is 0 Å². The molecule has 0 amide bonds. The van der Waals surface area contributed by atoms with Crippen LogP contribution in [-0.2, 0) is 9.31 Å². The Labute approximate surface area is 92.8 Å². The molecular weight excluding hydrogens is 187 g/mol. The molecule has 1 aliphatic rings. The first-order valence-corrected chi connectivity index (χ1v) is 5.15. The van der Waals surface area contributed by atoms with Gasteiger partial charge in [-0.3, -0.25) is 0 Å². The number of rotatable bonds is 3. The van der Waals surface area contributed by atoms with Crippen molar-refractivity contribution in [3.05, 3.63) is 36.9 Å². The summed E-state index contributed by atoms with van der Waals surface area (Å²) in [4.78, 5) is 0. The van der Waals surface area contributed by atoms with Crippen molar-refractivity contribution in [3.63, 3.8) is 0 Å². The summed E-state index contributed by atoms with van der Waals surface area (Å²) in [5.41, 5.74) is 0.297. The highest BCUT2D eigenvalue weighted by atomic mass is 16.7. The van der Waals surface area contributed by atoms with Gasteiger partial charge in [0.05, 0.1) is 11.2 Å². The molecule has 82 valence electrons. The molecule has 0 aromatic rings. The lowest BCUT2D eigenvalue weighted by atomic mass is 9.78. The van der Waals surface area contributed by atoms with Crippen LogP contribution in [0, 0.1) is 0 Å². The third-order valence-electron chi connectivity index (χ3n) is 3.07. The number of hydrogen-bond acceptors (Lipinski definition) is 2. The van der Waals surface area contributed by atoms with Crippen LogP contribution >= 0.6 is 0 Å². The molecule has 0 aliphatic carbocycles. The summed E-state index contributed by atoms with van der Waals surface area (Å²) in [5, 5.41) is 0. The molecule has 1 heterocycles. The van der Waals surface area contributed by atoms with Crippen molar-refractivity contribution in [1.29, 1.82) is 0 Å². The fourth-order valence-corrected chi connectivity index (χ4v) is 1.36. The minimum absolute atomic E-state index is 0.305. The Hall–Kier alpha value is -0.795. The van der Waals surface area contributed by atoms with Crippen LogP contribution < -0.4 is 0 Å². The Bertz CT molecular complexity index is 287. The second-order valence-electron chi connectivity index (χ2n) is 4.69. The lowest BCUT2D eigenvalue weighted by Gasteiger charge is -2.32. The van der Waals surface area contributed by atoms with Crippen LogP contribution in [0.2, 0.25) is 0 Å². The van der Waals surface area contributed by atoms with E-state index in [0.717, 1.165) is 5.47 Å². The van der Waals surface area contributed by atoms with E-state index in [1.54, 1.807) is 12.2 Å². The zero-order chi connectivity index (χ0) is 11.7. The minimum Gasteiger partial charge on any atom is -0.399 e. The first kappa shape index (κ1) is 12.3. The summed E-state index contributed by atoms with van der Waals surface area (Å²) in [7, 11) is -0.342. The van der Waals surface area contributed by atoms with Gasteiger partial charge in [-0.15, -0.1) is 0 Å². The molecule has 0 atom stereocenters. The summed E-state index contributed by atoms with van der Waals surface area (Å²) < 4.78 is 11.7. The molecule has 0 bridgehead atoms. The molecule has 0 aromatic carbocycles. The maximum atomic E-state index is 5.86. The first-order chi connectivity index (χ1) is 6.84. The molecule has 0 unspecified atom stereocenters. The zero-order valence-electron chi connectivity index (χ0n) is 10.0. The van der Waals surface area contributed by atoms with Crippen LogP contribution in [0.1, 0.15) is 27.7 Å². The van der Waals surface area contributed by atoms with Gasteiger partial charge >= 0.3 is 7.12 Å². The lowest BCUT2D eigenvalue weighted by molar-refractivity contribution is 0.00578. The fraction of sp³-hybridized carbons (Fsp3) is 0.500. The monoisotopic (exact) mass is 206 g/mol. The van der Waals surface area contributed by atoms with Crippen LogP contribution in [0.15, 0.2) is 36.9 Å². The smallest absolute Gasteiger partial charge is 0.399 e. The van der Waals surface area contributed by atoms with Crippen molar-refractivity contribution in [2.75, 3.05) is 0 Å². The van der Waals surface area contributed by atoms with Crippen molar-refractivity contribution < 1.29 is 9.31 Å². The predicted octanol–water partition coefficient (Wildman–Crippen LogP) is 2.92. The molecule has 1 aliphatic heterocycles.